The fourth-order valence-corrected chi connectivity index (χ4v) is 1.87. The molecule has 4 heteroatoms. The maximum atomic E-state index is 13.0. The van der Waals surface area contributed by atoms with Gasteiger partial charge in [0.25, 0.3) is 0 Å². The van der Waals surface area contributed by atoms with Crippen molar-refractivity contribution >= 4 is 0 Å². The number of methoxy groups -OCH3 is 1. The van der Waals surface area contributed by atoms with Crippen LogP contribution in [0.4, 0.5) is 13.2 Å². The van der Waals surface area contributed by atoms with Gasteiger partial charge in [-0.05, 0) is 42.9 Å². The average Bonchev–Trinajstić information content (AvgIpc) is 3.06. The summed E-state index contributed by atoms with van der Waals surface area (Å²) >= 11 is 0. The molecule has 0 bridgehead atoms. The molecule has 1 fully saturated rings. The predicted octanol–water partition coefficient (Wildman–Crippen LogP) is 3.07. The first-order valence-corrected chi connectivity index (χ1v) is 5.28. The highest BCUT2D eigenvalue weighted by Gasteiger charge is 2.31. The maximum Gasteiger partial charge on any atom is 0.194 e. The Morgan fingerprint density at radius 2 is 1.81 bits per heavy atom. The van der Waals surface area contributed by atoms with E-state index >= 15 is 0 Å². The lowest BCUT2D eigenvalue weighted by Crippen LogP contribution is -2.16. The van der Waals surface area contributed by atoms with E-state index < -0.39 is 17.5 Å². The second kappa shape index (κ2) is 4.45. The Morgan fingerprint density at radius 1 is 1.25 bits per heavy atom. The van der Waals surface area contributed by atoms with Crippen molar-refractivity contribution in [2.45, 2.75) is 25.4 Å². The normalized spacial score (nSPS) is 17.5. The van der Waals surface area contributed by atoms with Gasteiger partial charge >= 0.3 is 0 Å². The first-order chi connectivity index (χ1) is 7.61. The van der Waals surface area contributed by atoms with Crippen LogP contribution in [0, 0.1) is 23.4 Å². The van der Waals surface area contributed by atoms with E-state index in [0.29, 0.717) is 17.9 Å². The second-order valence-electron chi connectivity index (χ2n) is 4.19. The Hall–Kier alpha value is -1.03. The number of ether oxygens (including phenoxy) is 1. The number of benzene rings is 1. The third-order valence-corrected chi connectivity index (χ3v) is 2.93. The summed E-state index contributed by atoms with van der Waals surface area (Å²) < 4.78 is 43.9. The minimum atomic E-state index is -1.41. The highest BCUT2D eigenvalue weighted by Crippen LogP contribution is 2.35. The summed E-state index contributed by atoms with van der Waals surface area (Å²) in [4.78, 5) is 0. The molecule has 0 aliphatic heterocycles. The predicted molar refractivity (Wildman–Crippen MR) is 53.5 cm³/mol. The molecule has 1 saturated carbocycles. The Bertz CT molecular complexity index is 365. The zero-order chi connectivity index (χ0) is 11.7. The molecule has 1 aromatic rings. The molecule has 0 spiro atoms. The highest BCUT2D eigenvalue weighted by molar-refractivity contribution is 5.20. The fourth-order valence-electron chi connectivity index (χ4n) is 1.87. The molecule has 0 saturated heterocycles. The molecule has 16 heavy (non-hydrogen) atoms. The summed E-state index contributed by atoms with van der Waals surface area (Å²) in [6.07, 6.45) is 2.58. The highest BCUT2D eigenvalue weighted by atomic mass is 19.2. The van der Waals surface area contributed by atoms with Crippen LogP contribution >= 0.6 is 0 Å². The van der Waals surface area contributed by atoms with E-state index in [9.17, 15) is 13.2 Å². The van der Waals surface area contributed by atoms with E-state index in [1.165, 1.54) is 0 Å². The van der Waals surface area contributed by atoms with Crippen LogP contribution in [0.5, 0.6) is 0 Å². The van der Waals surface area contributed by atoms with Gasteiger partial charge in [-0.2, -0.15) is 0 Å². The van der Waals surface area contributed by atoms with Crippen LogP contribution in [0.2, 0.25) is 0 Å². The number of hydrogen-bond acceptors (Lipinski definition) is 1. The van der Waals surface area contributed by atoms with Crippen LogP contribution in [0.15, 0.2) is 12.1 Å². The van der Waals surface area contributed by atoms with E-state index in [1.54, 1.807) is 7.11 Å². The van der Waals surface area contributed by atoms with Crippen LogP contribution < -0.4 is 0 Å². The maximum absolute atomic E-state index is 13.0. The van der Waals surface area contributed by atoms with Crippen molar-refractivity contribution in [3.05, 3.63) is 35.1 Å². The average molecular weight is 230 g/mol. The zero-order valence-corrected chi connectivity index (χ0v) is 8.97. The molecule has 1 aliphatic carbocycles. The SMILES string of the molecule is COC(Cc1cc(F)c(F)c(F)c1)C1CC1. The summed E-state index contributed by atoms with van der Waals surface area (Å²) in [6, 6.07) is 2.07. The van der Waals surface area contributed by atoms with E-state index in [4.69, 9.17) is 4.74 Å². The molecule has 0 amide bonds. The molecular weight excluding hydrogens is 217 g/mol. The lowest BCUT2D eigenvalue weighted by atomic mass is 10.0. The van der Waals surface area contributed by atoms with Gasteiger partial charge in [-0.3, -0.25) is 0 Å². The van der Waals surface area contributed by atoms with E-state index in [0.717, 1.165) is 25.0 Å². The van der Waals surface area contributed by atoms with Gasteiger partial charge in [0.1, 0.15) is 0 Å². The Balaban J connectivity index is 2.14. The number of hydrogen-bond donors (Lipinski definition) is 0. The second-order valence-corrected chi connectivity index (χ2v) is 4.19. The topological polar surface area (TPSA) is 9.23 Å². The van der Waals surface area contributed by atoms with E-state index in [2.05, 4.69) is 0 Å². The van der Waals surface area contributed by atoms with Crippen LogP contribution in [0.3, 0.4) is 0 Å². The van der Waals surface area contributed by atoms with Crippen LogP contribution in [0.1, 0.15) is 18.4 Å². The zero-order valence-electron chi connectivity index (χ0n) is 8.97. The van der Waals surface area contributed by atoms with Crippen LogP contribution in [0.25, 0.3) is 0 Å². The van der Waals surface area contributed by atoms with Crippen molar-refractivity contribution in [1.29, 1.82) is 0 Å². The summed E-state index contributed by atoms with van der Waals surface area (Å²) in [5.41, 5.74) is 0.440. The minimum Gasteiger partial charge on any atom is -0.381 e. The first kappa shape index (κ1) is 11.5. The first-order valence-electron chi connectivity index (χ1n) is 5.28. The number of rotatable bonds is 4. The van der Waals surface area contributed by atoms with Crippen molar-refractivity contribution in [2.75, 3.05) is 7.11 Å². The van der Waals surface area contributed by atoms with Crippen LogP contribution in [-0.4, -0.2) is 13.2 Å². The van der Waals surface area contributed by atoms with Gasteiger partial charge in [0.05, 0.1) is 6.10 Å². The van der Waals surface area contributed by atoms with Gasteiger partial charge in [0, 0.05) is 7.11 Å². The van der Waals surface area contributed by atoms with Crippen molar-refractivity contribution in [3.8, 4) is 0 Å². The monoisotopic (exact) mass is 230 g/mol. The lowest BCUT2D eigenvalue weighted by Gasteiger charge is -2.14. The van der Waals surface area contributed by atoms with Gasteiger partial charge in [0.15, 0.2) is 17.5 Å². The molecular formula is C12H13F3O. The van der Waals surface area contributed by atoms with Crippen molar-refractivity contribution in [1.82, 2.24) is 0 Å². The molecule has 1 aliphatic rings. The standard InChI is InChI=1S/C12H13F3O/c1-16-11(8-2-3-8)6-7-4-9(13)12(15)10(14)5-7/h4-5,8,11H,2-3,6H2,1H3. The fraction of sp³-hybridized carbons (Fsp3) is 0.500. The smallest absolute Gasteiger partial charge is 0.194 e. The van der Waals surface area contributed by atoms with Gasteiger partial charge in [0.2, 0.25) is 0 Å². The van der Waals surface area contributed by atoms with E-state index in [1.807, 2.05) is 0 Å². The molecule has 0 aromatic heterocycles. The van der Waals surface area contributed by atoms with Crippen molar-refractivity contribution in [3.63, 3.8) is 0 Å². The Morgan fingerprint density at radius 3 is 2.25 bits per heavy atom. The summed E-state index contributed by atoms with van der Waals surface area (Å²) in [7, 11) is 1.58. The molecule has 1 aromatic carbocycles. The van der Waals surface area contributed by atoms with E-state index in [-0.39, 0.29) is 6.10 Å². The van der Waals surface area contributed by atoms with Crippen LogP contribution in [-0.2, 0) is 11.2 Å². The van der Waals surface area contributed by atoms with Crippen molar-refractivity contribution in [2.24, 2.45) is 5.92 Å². The number of halogens is 3. The van der Waals surface area contributed by atoms with Gasteiger partial charge in [-0.15, -0.1) is 0 Å². The largest absolute Gasteiger partial charge is 0.381 e. The molecule has 1 atom stereocenters. The third kappa shape index (κ3) is 2.38. The lowest BCUT2D eigenvalue weighted by molar-refractivity contribution is 0.0847. The summed E-state index contributed by atoms with van der Waals surface area (Å²) in [6.45, 7) is 0. The summed E-state index contributed by atoms with van der Waals surface area (Å²) in [5.74, 6) is -3.22. The van der Waals surface area contributed by atoms with Gasteiger partial charge in [-0.25, -0.2) is 13.2 Å². The third-order valence-electron chi connectivity index (χ3n) is 2.93. The van der Waals surface area contributed by atoms with Crippen molar-refractivity contribution < 1.29 is 17.9 Å². The molecule has 0 N–H and O–H groups in total. The molecule has 0 radical (unpaired) electrons. The molecule has 88 valence electrons. The molecule has 2 rings (SSSR count). The molecule has 1 unspecified atom stereocenters. The van der Waals surface area contributed by atoms with Gasteiger partial charge < -0.3 is 4.74 Å². The quantitative estimate of drug-likeness (QED) is 0.722. The molecule has 1 nitrogen and oxygen atoms in total. The van der Waals surface area contributed by atoms with Gasteiger partial charge in [-0.1, -0.05) is 0 Å². The Kier molecular flexibility index (Phi) is 3.19. The minimum absolute atomic E-state index is 0.0238. The molecule has 0 heterocycles. The summed E-state index contributed by atoms with van der Waals surface area (Å²) in [5, 5.41) is 0. The Labute approximate surface area is 92.2 Å².